The summed E-state index contributed by atoms with van der Waals surface area (Å²) >= 11 is 0. The lowest BCUT2D eigenvalue weighted by molar-refractivity contribution is -0.143. The van der Waals surface area contributed by atoms with E-state index in [9.17, 15) is 9.59 Å². The van der Waals surface area contributed by atoms with Gasteiger partial charge < -0.3 is 15.2 Å². The fourth-order valence-electron chi connectivity index (χ4n) is 4.67. The van der Waals surface area contributed by atoms with Crippen LogP contribution in [0.3, 0.4) is 0 Å². The molecule has 1 aromatic heterocycles. The molecule has 0 unspecified atom stereocenters. The van der Waals surface area contributed by atoms with E-state index in [1.54, 1.807) is 12.5 Å². The van der Waals surface area contributed by atoms with Gasteiger partial charge in [0.05, 0.1) is 6.33 Å². The van der Waals surface area contributed by atoms with Crippen molar-refractivity contribution < 1.29 is 9.59 Å². The van der Waals surface area contributed by atoms with Gasteiger partial charge in [0, 0.05) is 42.7 Å². The summed E-state index contributed by atoms with van der Waals surface area (Å²) in [5.74, 6) is 0.0536. The molecule has 6 nitrogen and oxygen atoms in total. The number of nitrogens with one attached hydrogen (secondary N) is 2. The molecule has 1 atom stereocenters. The maximum absolute atomic E-state index is 13.3. The lowest BCUT2D eigenvalue weighted by Crippen LogP contribution is -2.64. The van der Waals surface area contributed by atoms with Crippen molar-refractivity contribution in [1.82, 2.24) is 20.2 Å². The monoisotopic (exact) mass is 394 g/mol. The highest BCUT2D eigenvalue weighted by molar-refractivity contribution is 5.89. The molecular weight excluding hydrogens is 364 g/mol. The Morgan fingerprint density at radius 3 is 2.59 bits per heavy atom. The Bertz CT molecular complexity index is 822. The zero-order chi connectivity index (χ0) is 20.3. The van der Waals surface area contributed by atoms with Crippen molar-refractivity contribution >= 4 is 11.8 Å². The molecule has 1 aliphatic carbocycles. The van der Waals surface area contributed by atoms with Crippen LogP contribution in [0.1, 0.15) is 50.3 Å². The quantitative estimate of drug-likeness (QED) is 0.791. The Hall–Kier alpha value is -2.63. The first-order valence-electron chi connectivity index (χ1n) is 10.7. The van der Waals surface area contributed by atoms with Crippen LogP contribution in [-0.4, -0.2) is 45.8 Å². The van der Waals surface area contributed by atoms with Gasteiger partial charge in [0.1, 0.15) is 6.04 Å². The number of amides is 2. The van der Waals surface area contributed by atoms with E-state index in [4.69, 9.17) is 0 Å². The van der Waals surface area contributed by atoms with Crippen molar-refractivity contribution in [2.75, 3.05) is 13.1 Å². The molecule has 1 saturated carbocycles. The lowest BCUT2D eigenvalue weighted by atomic mass is 9.75. The summed E-state index contributed by atoms with van der Waals surface area (Å²) in [6, 6.07) is 9.77. The summed E-state index contributed by atoms with van der Waals surface area (Å²) in [6.07, 6.45) is 9.01. The van der Waals surface area contributed by atoms with Crippen molar-refractivity contribution in [1.29, 1.82) is 0 Å². The normalized spacial score (nSPS) is 20.0. The first-order chi connectivity index (χ1) is 14.0. The van der Waals surface area contributed by atoms with Gasteiger partial charge in [0.25, 0.3) is 0 Å². The van der Waals surface area contributed by atoms with Gasteiger partial charge in [0.15, 0.2) is 0 Å². The van der Waals surface area contributed by atoms with Crippen LogP contribution < -0.4 is 5.32 Å². The average molecular weight is 395 g/mol. The van der Waals surface area contributed by atoms with E-state index in [0.717, 1.165) is 31.4 Å². The number of aromatic nitrogens is 2. The van der Waals surface area contributed by atoms with Crippen LogP contribution in [0.2, 0.25) is 0 Å². The molecule has 4 rings (SSSR count). The molecule has 2 aliphatic rings. The van der Waals surface area contributed by atoms with E-state index in [0.29, 0.717) is 19.5 Å². The number of likely N-dealkylation sites (tertiary alicyclic amines) is 1. The zero-order valence-electron chi connectivity index (χ0n) is 17.1. The Kier molecular flexibility index (Phi) is 5.69. The minimum Gasteiger partial charge on any atom is -0.348 e. The van der Waals surface area contributed by atoms with Gasteiger partial charge in [0.2, 0.25) is 11.8 Å². The second kappa shape index (κ2) is 8.39. The number of H-pyrrole nitrogens is 1. The van der Waals surface area contributed by atoms with Crippen LogP contribution in [0.4, 0.5) is 0 Å². The summed E-state index contributed by atoms with van der Waals surface area (Å²) in [6.45, 7) is 3.54. The van der Waals surface area contributed by atoms with Crippen LogP contribution in [0, 0.1) is 5.92 Å². The second-order valence-corrected chi connectivity index (χ2v) is 8.80. The molecule has 1 aromatic carbocycles. The summed E-state index contributed by atoms with van der Waals surface area (Å²) in [4.78, 5) is 35.1. The highest BCUT2D eigenvalue weighted by atomic mass is 16.2. The highest BCUT2D eigenvalue weighted by Gasteiger charge is 2.44. The maximum atomic E-state index is 13.3. The molecule has 1 saturated heterocycles. The second-order valence-electron chi connectivity index (χ2n) is 8.80. The smallest absolute Gasteiger partial charge is 0.245 e. The van der Waals surface area contributed by atoms with Gasteiger partial charge in [-0.05, 0) is 18.4 Å². The molecule has 1 aliphatic heterocycles. The molecule has 0 spiro atoms. The average Bonchev–Trinajstić information content (AvgIpc) is 3.25. The number of nitrogens with zero attached hydrogens (tertiary/aromatic N) is 2. The van der Waals surface area contributed by atoms with E-state index in [1.807, 2.05) is 23.1 Å². The summed E-state index contributed by atoms with van der Waals surface area (Å²) < 4.78 is 0. The van der Waals surface area contributed by atoms with Crippen LogP contribution in [0.25, 0.3) is 0 Å². The number of rotatable bonds is 6. The molecule has 154 valence electrons. The first-order valence-corrected chi connectivity index (χ1v) is 10.7. The number of hydrogen-bond donors (Lipinski definition) is 2. The van der Waals surface area contributed by atoms with Gasteiger partial charge in [-0.15, -0.1) is 0 Å². The van der Waals surface area contributed by atoms with Crippen molar-refractivity contribution in [2.24, 2.45) is 5.92 Å². The Morgan fingerprint density at radius 1 is 1.21 bits per heavy atom. The molecule has 2 N–H and O–H groups in total. The van der Waals surface area contributed by atoms with E-state index in [1.165, 1.54) is 12.0 Å². The predicted molar refractivity (Wildman–Crippen MR) is 111 cm³/mol. The Labute approximate surface area is 172 Å². The highest BCUT2D eigenvalue weighted by Crippen LogP contribution is 2.34. The lowest BCUT2D eigenvalue weighted by Gasteiger charge is -2.49. The number of aromatic amines is 1. The van der Waals surface area contributed by atoms with Crippen LogP contribution >= 0.6 is 0 Å². The van der Waals surface area contributed by atoms with Crippen molar-refractivity contribution in [2.45, 2.75) is 56.9 Å². The SMILES string of the molecule is CC1(c2ccccc2)CN(C(=O)[C@H](Cc2cnc[nH]2)NC(=O)C2CCCCC2)C1. The van der Waals surface area contributed by atoms with E-state index < -0.39 is 6.04 Å². The van der Waals surface area contributed by atoms with E-state index in [2.05, 4.69) is 34.3 Å². The van der Waals surface area contributed by atoms with Crippen LogP contribution in [0.15, 0.2) is 42.9 Å². The zero-order valence-corrected chi connectivity index (χ0v) is 17.1. The minimum absolute atomic E-state index is 0.00262. The first kappa shape index (κ1) is 19.7. The number of hydrogen-bond acceptors (Lipinski definition) is 3. The molecule has 0 radical (unpaired) electrons. The van der Waals surface area contributed by atoms with Gasteiger partial charge >= 0.3 is 0 Å². The third-order valence-corrected chi connectivity index (χ3v) is 6.43. The Balaban J connectivity index is 1.43. The number of benzene rings is 1. The summed E-state index contributed by atoms with van der Waals surface area (Å²) in [5, 5.41) is 3.06. The fraction of sp³-hybridized carbons (Fsp3) is 0.522. The number of carbonyl (C=O) groups is 2. The van der Waals surface area contributed by atoms with Gasteiger partial charge in [-0.25, -0.2) is 4.98 Å². The largest absolute Gasteiger partial charge is 0.348 e. The third kappa shape index (κ3) is 4.36. The van der Waals surface area contributed by atoms with Gasteiger partial charge in [-0.2, -0.15) is 0 Å². The molecule has 2 amide bonds. The van der Waals surface area contributed by atoms with Crippen LogP contribution in [-0.2, 0) is 21.4 Å². The molecular formula is C23H30N4O2. The number of imidazole rings is 1. The van der Waals surface area contributed by atoms with Gasteiger partial charge in [-0.3, -0.25) is 9.59 Å². The third-order valence-electron chi connectivity index (χ3n) is 6.43. The topological polar surface area (TPSA) is 78.1 Å². The molecule has 2 aromatic rings. The Morgan fingerprint density at radius 2 is 1.93 bits per heavy atom. The van der Waals surface area contributed by atoms with Crippen molar-refractivity contribution in [3.8, 4) is 0 Å². The summed E-state index contributed by atoms with van der Waals surface area (Å²) in [7, 11) is 0. The maximum Gasteiger partial charge on any atom is 0.245 e. The van der Waals surface area contributed by atoms with Crippen molar-refractivity contribution in [3.05, 3.63) is 54.1 Å². The fourth-order valence-corrected chi connectivity index (χ4v) is 4.67. The standard InChI is InChI=1S/C23H30N4O2/c1-23(18-10-6-3-7-11-18)14-27(15-23)22(29)20(12-19-13-24-16-25-19)26-21(28)17-8-4-2-5-9-17/h3,6-7,10-11,13,16-17,20H,2,4-5,8-9,12,14-15H2,1H3,(H,24,25)(H,26,28)/t20-/m0/s1. The molecule has 2 fully saturated rings. The summed E-state index contributed by atoms with van der Waals surface area (Å²) in [5.41, 5.74) is 2.09. The molecule has 6 heteroatoms. The number of carbonyl (C=O) groups excluding carboxylic acids is 2. The predicted octanol–water partition coefficient (Wildman–Crippen LogP) is 2.82. The molecule has 29 heavy (non-hydrogen) atoms. The van der Waals surface area contributed by atoms with Crippen LogP contribution in [0.5, 0.6) is 0 Å². The minimum atomic E-state index is -0.551. The molecule has 2 heterocycles. The van der Waals surface area contributed by atoms with E-state index >= 15 is 0 Å². The molecule has 0 bridgehead atoms. The van der Waals surface area contributed by atoms with E-state index in [-0.39, 0.29) is 23.1 Å². The van der Waals surface area contributed by atoms with Crippen molar-refractivity contribution in [3.63, 3.8) is 0 Å². The van der Waals surface area contributed by atoms with Gasteiger partial charge in [-0.1, -0.05) is 56.5 Å².